The monoisotopic (exact) mass is 278 g/mol. The van der Waals surface area contributed by atoms with Crippen molar-refractivity contribution < 1.29 is 23.5 Å². The molecular weight excluding hydrogens is 270 g/mol. The van der Waals surface area contributed by atoms with Crippen molar-refractivity contribution in [1.29, 1.82) is 0 Å². The van der Waals surface area contributed by atoms with Crippen LogP contribution in [-0.4, -0.2) is 22.0 Å². The van der Waals surface area contributed by atoms with E-state index in [1.165, 1.54) is 18.2 Å². The van der Waals surface area contributed by atoms with Gasteiger partial charge in [-0.1, -0.05) is 6.07 Å². The molecule has 5 nitrogen and oxygen atoms in total. The Bertz CT molecular complexity index is 689. The molecular formula is C13H8F2N2O3. The summed E-state index contributed by atoms with van der Waals surface area (Å²) >= 11 is 0. The number of carbonyl (C=O) groups excluding carboxylic acids is 1. The normalized spacial score (nSPS) is 10.1. The van der Waals surface area contributed by atoms with Crippen LogP contribution in [0.15, 0.2) is 36.4 Å². The Morgan fingerprint density at radius 3 is 2.55 bits per heavy atom. The Kier molecular flexibility index (Phi) is 3.69. The first kappa shape index (κ1) is 13.6. The number of nitrogens with one attached hydrogen (secondary N) is 1. The fraction of sp³-hybridized carbons (Fsp3) is 0. The van der Waals surface area contributed by atoms with Gasteiger partial charge in [0.05, 0.1) is 5.56 Å². The summed E-state index contributed by atoms with van der Waals surface area (Å²) in [4.78, 5) is 26.1. The van der Waals surface area contributed by atoms with Crippen molar-refractivity contribution in [1.82, 2.24) is 4.98 Å². The van der Waals surface area contributed by atoms with E-state index in [9.17, 15) is 18.4 Å². The second-order valence-electron chi connectivity index (χ2n) is 3.79. The lowest BCUT2D eigenvalue weighted by molar-refractivity contribution is 0.0690. The van der Waals surface area contributed by atoms with Gasteiger partial charge in [-0.15, -0.1) is 0 Å². The van der Waals surface area contributed by atoms with E-state index in [1.807, 2.05) is 0 Å². The number of carboxylic acids is 1. The van der Waals surface area contributed by atoms with E-state index in [0.717, 1.165) is 12.1 Å². The molecule has 2 N–H and O–H groups in total. The highest BCUT2D eigenvalue weighted by Gasteiger charge is 2.14. The second kappa shape index (κ2) is 5.43. The van der Waals surface area contributed by atoms with Crippen molar-refractivity contribution in [3.05, 3.63) is 59.3 Å². The molecule has 1 aromatic heterocycles. The first-order chi connectivity index (χ1) is 9.47. The molecule has 0 spiro atoms. The maximum absolute atomic E-state index is 13.4. The van der Waals surface area contributed by atoms with Gasteiger partial charge in [-0.2, -0.15) is 0 Å². The lowest BCUT2D eigenvalue weighted by Crippen LogP contribution is -2.15. The number of halogens is 2. The Morgan fingerprint density at radius 1 is 1.15 bits per heavy atom. The largest absolute Gasteiger partial charge is 0.477 e. The molecule has 0 radical (unpaired) electrons. The number of benzene rings is 1. The zero-order valence-corrected chi connectivity index (χ0v) is 9.93. The molecule has 1 aromatic carbocycles. The molecule has 0 aliphatic carbocycles. The molecule has 20 heavy (non-hydrogen) atoms. The summed E-state index contributed by atoms with van der Waals surface area (Å²) in [5.74, 6) is -3.97. The molecule has 0 aliphatic rings. The first-order valence-electron chi connectivity index (χ1n) is 5.44. The molecule has 2 aromatic rings. The van der Waals surface area contributed by atoms with Gasteiger partial charge in [-0.3, -0.25) is 4.79 Å². The highest BCUT2D eigenvalue weighted by Crippen LogP contribution is 2.12. The molecule has 102 valence electrons. The Labute approximate surface area is 111 Å². The molecule has 0 aliphatic heterocycles. The Balaban J connectivity index is 2.23. The molecule has 0 saturated heterocycles. The summed E-state index contributed by atoms with van der Waals surface area (Å²) in [6.07, 6.45) is 0. The third kappa shape index (κ3) is 2.94. The minimum Gasteiger partial charge on any atom is -0.477 e. The van der Waals surface area contributed by atoms with Crippen molar-refractivity contribution in [2.45, 2.75) is 0 Å². The summed E-state index contributed by atoms with van der Waals surface area (Å²) < 4.78 is 26.1. The standard InChI is InChI=1S/C13H8F2N2O3/c14-7-4-5-8(9(15)6-7)12(18)17-11-3-1-2-10(16-11)13(19)20/h1-6H,(H,19,20)(H,16,17,18). The van der Waals surface area contributed by atoms with Crippen LogP contribution in [0.4, 0.5) is 14.6 Å². The fourth-order valence-electron chi connectivity index (χ4n) is 1.48. The number of rotatable bonds is 3. The van der Waals surface area contributed by atoms with Crippen LogP contribution < -0.4 is 5.32 Å². The molecule has 0 bridgehead atoms. The average Bonchev–Trinajstić information content (AvgIpc) is 2.38. The quantitative estimate of drug-likeness (QED) is 0.903. The zero-order valence-electron chi connectivity index (χ0n) is 9.93. The van der Waals surface area contributed by atoms with Crippen molar-refractivity contribution in [2.24, 2.45) is 0 Å². The number of hydrogen-bond acceptors (Lipinski definition) is 3. The summed E-state index contributed by atoms with van der Waals surface area (Å²) in [7, 11) is 0. The van der Waals surface area contributed by atoms with Crippen LogP contribution in [0.2, 0.25) is 0 Å². The average molecular weight is 278 g/mol. The predicted octanol–water partition coefficient (Wildman–Crippen LogP) is 2.31. The number of hydrogen-bond donors (Lipinski definition) is 2. The summed E-state index contributed by atoms with van der Waals surface area (Å²) in [5.41, 5.74) is -0.628. The van der Waals surface area contributed by atoms with E-state index >= 15 is 0 Å². The topological polar surface area (TPSA) is 79.3 Å². The lowest BCUT2D eigenvalue weighted by Gasteiger charge is -2.06. The number of aromatic nitrogens is 1. The number of amides is 1. The molecule has 7 heteroatoms. The molecule has 1 amide bonds. The van der Waals surface area contributed by atoms with Crippen molar-refractivity contribution in [3.8, 4) is 0 Å². The molecule has 0 fully saturated rings. The lowest BCUT2D eigenvalue weighted by atomic mass is 10.2. The molecule has 0 unspecified atom stereocenters. The highest BCUT2D eigenvalue weighted by molar-refractivity contribution is 6.04. The fourth-order valence-corrected chi connectivity index (χ4v) is 1.48. The van der Waals surface area contributed by atoms with Gasteiger partial charge in [-0.05, 0) is 24.3 Å². The van der Waals surface area contributed by atoms with Gasteiger partial charge in [0.2, 0.25) is 0 Å². The number of pyridine rings is 1. The van der Waals surface area contributed by atoms with Gasteiger partial charge in [-0.25, -0.2) is 18.6 Å². The number of anilines is 1. The van der Waals surface area contributed by atoms with Gasteiger partial charge in [0.15, 0.2) is 5.69 Å². The SMILES string of the molecule is O=C(O)c1cccc(NC(=O)c2ccc(F)cc2F)n1. The van der Waals surface area contributed by atoms with Crippen LogP contribution in [0.3, 0.4) is 0 Å². The van der Waals surface area contributed by atoms with E-state index in [4.69, 9.17) is 5.11 Å². The van der Waals surface area contributed by atoms with Crippen molar-refractivity contribution in [3.63, 3.8) is 0 Å². The summed E-state index contributed by atoms with van der Waals surface area (Å²) in [5, 5.41) is 11.0. The molecule has 2 rings (SSSR count). The van der Waals surface area contributed by atoms with Gasteiger partial charge in [0.25, 0.3) is 5.91 Å². The van der Waals surface area contributed by atoms with Crippen LogP contribution in [0.5, 0.6) is 0 Å². The van der Waals surface area contributed by atoms with Crippen molar-refractivity contribution >= 4 is 17.7 Å². The third-order valence-electron chi connectivity index (χ3n) is 2.39. The van der Waals surface area contributed by atoms with Gasteiger partial charge < -0.3 is 10.4 Å². The summed E-state index contributed by atoms with van der Waals surface area (Å²) in [6, 6.07) is 6.49. The van der Waals surface area contributed by atoms with Crippen LogP contribution in [-0.2, 0) is 0 Å². The third-order valence-corrected chi connectivity index (χ3v) is 2.39. The smallest absolute Gasteiger partial charge is 0.354 e. The van der Waals surface area contributed by atoms with Crippen LogP contribution in [0.25, 0.3) is 0 Å². The van der Waals surface area contributed by atoms with Gasteiger partial charge >= 0.3 is 5.97 Å². The van der Waals surface area contributed by atoms with E-state index < -0.39 is 23.5 Å². The minimum atomic E-state index is -1.26. The number of nitrogens with zero attached hydrogens (tertiary/aromatic N) is 1. The Hall–Kier alpha value is -2.83. The van der Waals surface area contributed by atoms with E-state index in [2.05, 4.69) is 10.3 Å². The number of aromatic carboxylic acids is 1. The van der Waals surface area contributed by atoms with E-state index in [1.54, 1.807) is 0 Å². The maximum atomic E-state index is 13.4. The molecule has 0 atom stereocenters. The van der Waals surface area contributed by atoms with Crippen LogP contribution in [0.1, 0.15) is 20.8 Å². The number of carboxylic acid groups (broad SMARTS) is 1. The second-order valence-corrected chi connectivity index (χ2v) is 3.79. The van der Waals surface area contributed by atoms with Gasteiger partial charge in [0.1, 0.15) is 17.5 Å². The predicted molar refractivity (Wildman–Crippen MR) is 65.5 cm³/mol. The zero-order chi connectivity index (χ0) is 14.7. The number of carbonyl (C=O) groups is 2. The maximum Gasteiger partial charge on any atom is 0.354 e. The van der Waals surface area contributed by atoms with Crippen LogP contribution in [0, 0.1) is 11.6 Å². The van der Waals surface area contributed by atoms with E-state index in [-0.39, 0.29) is 17.1 Å². The molecule has 0 saturated carbocycles. The van der Waals surface area contributed by atoms with Crippen LogP contribution >= 0.6 is 0 Å². The highest BCUT2D eigenvalue weighted by atomic mass is 19.1. The van der Waals surface area contributed by atoms with Crippen molar-refractivity contribution in [2.75, 3.05) is 5.32 Å². The molecule has 1 heterocycles. The van der Waals surface area contributed by atoms with Gasteiger partial charge in [0, 0.05) is 6.07 Å². The summed E-state index contributed by atoms with van der Waals surface area (Å²) in [6.45, 7) is 0. The Morgan fingerprint density at radius 2 is 1.90 bits per heavy atom. The first-order valence-corrected chi connectivity index (χ1v) is 5.44. The van der Waals surface area contributed by atoms with E-state index in [0.29, 0.717) is 6.07 Å². The minimum absolute atomic E-state index is 0.0429.